The lowest BCUT2D eigenvalue weighted by molar-refractivity contribution is -0.150. The fourth-order valence-electron chi connectivity index (χ4n) is 1.92. The van der Waals surface area contributed by atoms with Gasteiger partial charge in [-0.15, -0.1) is 0 Å². The maximum atomic E-state index is 11.5. The molecule has 4 nitrogen and oxygen atoms in total. The number of rotatable bonds is 1. The number of methoxy groups -OCH3 is 1. The Morgan fingerprint density at radius 2 is 1.85 bits per heavy atom. The summed E-state index contributed by atoms with van der Waals surface area (Å²) in [5, 5.41) is 10.1. The van der Waals surface area contributed by atoms with Gasteiger partial charge in [0.25, 0.3) is 0 Å². The fourth-order valence-corrected chi connectivity index (χ4v) is 1.92. The molecule has 2 rings (SSSR count). The summed E-state index contributed by atoms with van der Waals surface area (Å²) in [7, 11) is 1.33. The lowest BCUT2D eigenvalue weighted by atomic mass is 9.94. The minimum atomic E-state index is -0.855. The van der Waals surface area contributed by atoms with Gasteiger partial charge in [-0.05, 0) is 12.5 Å². The molecular weight excluding hydrogens is 256 g/mol. The third kappa shape index (κ3) is 4.53. The van der Waals surface area contributed by atoms with E-state index in [2.05, 4.69) is 4.74 Å². The lowest BCUT2D eigenvalue weighted by Crippen LogP contribution is -2.23. The van der Waals surface area contributed by atoms with Crippen molar-refractivity contribution >= 4 is 5.97 Å². The van der Waals surface area contributed by atoms with E-state index in [-0.39, 0.29) is 0 Å². The highest BCUT2D eigenvalue weighted by Crippen LogP contribution is 2.35. The molecule has 1 aliphatic heterocycles. The van der Waals surface area contributed by atoms with E-state index in [1.54, 1.807) is 12.1 Å². The zero-order valence-electron chi connectivity index (χ0n) is 13.1. The minimum absolute atomic E-state index is 0.396. The van der Waals surface area contributed by atoms with Crippen LogP contribution in [0.25, 0.3) is 0 Å². The summed E-state index contributed by atoms with van der Waals surface area (Å²) < 4.78 is 10.2. The smallest absolute Gasteiger partial charge is 0.311 e. The van der Waals surface area contributed by atoms with Crippen molar-refractivity contribution in [2.75, 3.05) is 13.7 Å². The van der Waals surface area contributed by atoms with Crippen molar-refractivity contribution in [3.63, 3.8) is 0 Å². The Balaban J connectivity index is 0.000000829. The van der Waals surface area contributed by atoms with Crippen LogP contribution in [0.2, 0.25) is 0 Å². The van der Waals surface area contributed by atoms with E-state index in [0.29, 0.717) is 24.3 Å². The molecule has 0 amide bonds. The van der Waals surface area contributed by atoms with Crippen LogP contribution in [-0.2, 0) is 9.53 Å². The molecule has 4 heteroatoms. The van der Waals surface area contributed by atoms with Crippen LogP contribution < -0.4 is 4.74 Å². The second-order valence-electron chi connectivity index (χ2n) is 3.75. The maximum Gasteiger partial charge on any atom is 0.311 e. The highest BCUT2D eigenvalue weighted by molar-refractivity contribution is 5.73. The molecule has 0 aliphatic carbocycles. The summed E-state index contributed by atoms with van der Waals surface area (Å²) in [6.45, 7) is 8.41. The molecule has 1 N–H and O–H groups in total. The summed E-state index contributed by atoms with van der Waals surface area (Å²) in [5.74, 6) is -0.303. The highest BCUT2D eigenvalue weighted by atomic mass is 16.5. The second kappa shape index (κ2) is 10.3. The normalized spacial score (nSPS) is 19.7. The van der Waals surface area contributed by atoms with Crippen LogP contribution in [-0.4, -0.2) is 24.8 Å². The van der Waals surface area contributed by atoms with Gasteiger partial charge in [0, 0.05) is 5.56 Å². The Kier molecular flexibility index (Phi) is 9.47. The maximum absolute atomic E-state index is 11.5. The summed E-state index contributed by atoms with van der Waals surface area (Å²) in [6.07, 6.45) is -0.395. The van der Waals surface area contributed by atoms with Gasteiger partial charge in [-0.3, -0.25) is 4.79 Å². The van der Waals surface area contributed by atoms with Gasteiger partial charge in [0.2, 0.25) is 0 Å². The van der Waals surface area contributed by atoms with Crippen LogP contribution in [0, 0.1) is 5.92 Å². The number of para-hydroxylation sites is 1. The molecular formula is C16H26O4. The summed E-state index contributed by atoms with van der Waals surface area (Å²) in [5.41, 5.74) is 0.649. The number of carbonyl (C=O) groups is 1. The molecule has 0 saturated carbocycles. The number of aliphatic hydroxyl groups is 1. The Morgan fingerprint density at radius 3 is 2.45 bits per heavy atom. The largest absolute Gasteiger partial charge is 0.493 e. The number of esters is 1. The summed E-state index contributed by atoms with van der Waals surface area (Å²) >= 11 is 0. The molecule has 0 saturated heterocycles. The first-order chi connectivity index (χ1) is 9.74. The van der Waals surface area contributed by atoms with Crippen LogP contribution in [0.15, 0.2) is 24.3 Å². The number of hydrogen-bond donors (Lipinski definition) is 1. The van der Waals surface area contributed by atoms with Crippen molar-refractivity contribution in [3.8, 4) is 5.75 Å². The van der Waals surface area contributed by atoms with E-state index in [0.717, 1.165) is 0 Å². The molecule has 20 heavy (non-hydrogen) atoms. The molecule has 1 heterocycles. The molecule has 0 fully saturated rings. The summed E-state index contributed by atoms with van der Waals surface area (Å²) in [6, 6.07) is 7.20. The van der Waals surface area contributed by atoms with Crippen molar-refractivity contribution < 1.29 is 19.4 Å². The van der Waals surface area contributed by atoms with Crippen LogP contribution in [0.4, 0.5) is 0 Å². The monoisotopic (exact) mass is 282 g/mol. The predicted molar refractivity (Wildman–Crippen MR) is 79.7 cm³/mol. The molecule has 0 spiro atoms. The molecule has 0 bridgehead atoms. The van der Waals surface area contributed by atoms with Gasteiger partial charge < -0.3 is 14.6 Å². The Bertz CT molecular complexity index is 390. The zero-order valence-corrected chi connectivity index (χ0v) is 13.1. The molecule has 2 unspecified atom stereocenters. The first-order valence-corrected chi connectivity index (χ1v) is 7.21. The van der Waals surface area contributed by atoms with Gasteiger partial charge >= 0.3 is 5.97 Å². The van der Waals surface area contributed by atoms with Crippen molar-refractivity contribution in [1.82, 2.24) is 0 Å². The van der Waals surface area contributed by atoms with Gasteiger partial charge in [0.1, 0.15) is 5.75 Å². The number of ether oxygens (including phenoxy) is 2. The molecule has 1 aliphatic rings. The molecule has 0 radical (unpaired) electrons. The van der Waals surface area contributed by atoms with Gasteiger partial charge in [-0.2, -0.15) is 0 Å². The van der Waals surface area contributed by atoms with E-state index in [4.69, 9.17) is 4.74 Å². The van der Waals surface area contributed by atoms with Crippen molar-refractivity contribution in [3.05, 3.63) is 29.8 Å². The van der Waals surface area contributed by atoms with Crippen molar-refractivity contribution in [2.45, 2.75) is 40.2 Å². The third-order valence-electron chi connectivity index (χ3n) is 2.81. The van der Waals surface area contributed by atoms with Gasteiger partial charge in [0.15, 0.2) is 0 Å². The van der Waals surface area contributed by atoms with Crippen LogP contribution in [0.1, 0.15) is 45.8 Å². The molecule has 1 aromatic rings. The van der Waals surface area contributed by atoms with E-state index in [1.807, 2.05) is 39.8 Å². The fraction of sp³-hybridized carbons (Fsp3) is 0.562. The third-order valence-corrected chi connectivity index (χ3v) is 2.81. The van der Waals surface area contributed by atoms with E-state index >= 15 is 0 Å². The number of aliphatic hydroxyl groups excluding tert-OH is 1. The van der Waals surface area contributed by atoms with Crippen molar-refractivity contribution in [1.29, 1.82) is 0 Å². The SMILES string of the molecule is CC.CC.COC(=O)C1CCOc2ccccc2C1O. The number of benzene rings is 1. The molecule has 1 aromatic carbocycles. The second-order valence-corrected chi connectivity index (χ2v) is 3.75. The molecule has 0 aromatic heterocycles. The van der Waals surface area contributed by atoms with Crippen LogP contribution >= 0.6 is 0 Å². The van der Waals surface area contributed by atoms with E-state index in [1.165, 1.54) is 7.11 Å². The summed E-state index contributed by atoms with van der Waals surface area (Å²) in [4.78, 5) is 11.5. The number of fused-ring (bicyclic) bond motifs is 1. The van der Waals surface area contributed by atoms with Crippen LogP contribution in [0.3, 0.4) is 0 Å². The van der Waals surface area contributed by atoms with Gasteiger partial charge in [-0.1, -0.05) is 45.9 Å². The van der Waals surface area contributed by atoms with E-state index < -0.39 is 18.0 Å². The van der Waals surface area contributed by atoms with Gasteiger partial charge in [0.05, 0.1) is 25.7 Å². The van der Waals surface area contributed by atoms with Crippen molar-refractivity contribution in [2.24, 2.45) is 5.92 Å². The standard InChI is InChI=1S/C12H14O4.2C2H6/c1-15-12(14)9-6-7-16-10-5-3-2-4-8(10)11(9)13;2*1-2/h2-5,9,11,13H,6-7H2,1H3;2*1-2H3. The Morgan fingerprint density at radius 1 is 1.25 bits per heavy atom. The minimum Gasteiger partial charge on any atom is -0.493 e. The van der Waals surface area contributed by atoms with Gasteiger partial charge in [-0.25, -0.2) is 0 Å². The zero-order chi connectivity index (χ0) is 15.5. The van der Waals surface area contributed by atoms with Crippen LogP contribution in [0.5, 0.6) is 5.75 Å². The predicted octanol–water partition coefficient (Wildman–Crippen LogP) is 3.34. The Labute approximate surface area is 121 Å². The lowest BCUT2D eigenvalue weighted by Gasteiger charge is -2.17. The topological polar surface area (TPSA) is 55.8 Å². The molecule has 2 atom stereocenters. The first-order valence-electron chi connectivity index (χ1n) is 7.21. The van der Waals surface area contributed by atoms with E-state index in [9.17, 15) is 9.90 Å². The average molecular weight is 282 g/mol. The quantitative estimate of drug-likeness (QED) is 0.803. The Hall–Kier alpha value is -1.55. The average Bonchev–Trinajstić information content (AvgIpc) is 2.70. The number of carbonyl (C=O) groups excluding carboxylic acids is 1. The number of hydrogen-bond acceptors (Lipinski definition) is 4. The highest BCUT2D eigenvalue weighted by Gasteiger charge is 2.32. The first kappa shape index (κ1) is 18.4. The molecule has 114 valence electrons.